The molecule has 11 heteroatoms. The van der Waals surface area contributed by atoms with E-state index in [9.17, 15) is 14.4 Å². The number of nitrogens with zero attached hydrogens (tertiary/aromatic N) is 4. The maximum atomic E-state index is 13.0. The lowest BCUT2D eigenvalue weighted by molar-refractivity contribution is -0.123. The van der Waals surface area contributed by atoms with Crippen LogP contribution in [0.1, 0.15) is 23.2 Å². The Labute approximate surface area is 198 Å². The number of fused-ring (bicyclic) bond motifs is 2. The van der Waals surface area contributed by atoms with E-state index in [1.807, 2.05) is 24.3 Å². The highest BCUT2D eigenvalue weighted by molar-refractivity contribution is 7.20. The monoisotopic (exact) mass is 478 g/mol. The lowest BCUT2D eigenvalue weighted by atomic mass is 9.96. The highest BCUT2D eigenvalue weighted by Gasteiger charge is 2.26. The molecule has 2 aromatic heterocycles. The Morgan fingerprint density at radius 2 is 1.94 bits per heavy atom. The van der Waals surface area contributed by atoms with E-state index in [1.54, 1.807) is 30.2 Å². The van der Waals surface area contributed by atoms with E-state index in [-0.39, 0.29) is 23.3 Å². The Balaban J connectivity index is 1.45. The summed E-state index contributed by atoms with van der Waals surface area (Å²) in [6.07, 6.45) is 1.11. The van der Waals surface area contributed by atoms with Crippen molar-refractivity contribution in [2.75, 3.05) is 25.5 Å². The maximum absolute atomic E-state index is 13.0. The molecular formula is C23H22N6O4S. The summed E-state index contributed by atoms with van der Waals surface area (Å²) >= 11 is 1.22. The number of rotatable bonds is 5. The van der Waals surface area contributed by atoms with Crippen LogP contribution in [-0.2, 0) is 4.79 Å². The average Bonchev–Trinajstić information content (AvgIpc) is 3.26. The molecule has 0 bridgehead atoms. The number of carbonyl (C=O) groups excluding carboxylic acids is 2. The molecule has 2 amide bonds. The van der Waals surface area contributed by atoms with Crippen LogP contribution < -0.4 is 21.3 Å². The highest BCUT2D eigenvalue weighted by Crippen LogP contribution is 2.29. The van der Waals surface area contributed by atoms with E-state index >= 15 is 0 Å². The molecule has 3 heterocycles. The Morgan fingerprint density at radius 3 is 2.68 bits per heavy atom. The Bertz CT molecular complexity index is 1470. The van der Waals surface area contributed by atoms with Crippen LogP contribution in [0.2, 0.25) is 0 Å². The van der Waals surface area contributed by atoms with Gasteiger partial charge in [-0.05, 0) is 43.2 Å². The van der Waals surface area contributed by atoms with E-state index in [4.69, 9.17) is 10.5 Å². The molecule has 10 nitrogen and oxygen atoms in total. The van der Waals surface area contributed by atoms with Crippen molar-refractivity contribution < 1.29 is 14.3 Å². The first-order valence-corrected chi connectivity index (χ1v) is 11.6. The molecule has 1 aliphatic heterocycles. The first kappa shape index (κ1) is 21.8. The highest BCUT2D eigenvalue weighted by atomic mass is 32.1. The van der Waals surface area contributed by atoms with E-state index in [0.29, 0.717) is 58.2 Å². The van der Waals surface area contributed by atoms with Crippen molar-refractivity contribution in [3.63, 3.8) is 0 Å². The largest absolute Gasteiger partial charge is 0.495 e. The Hall–Kier alpha value is -3.99. The number of nitrogens with one attached hydrogen (secondary N) is 1. The van der Waals surface area contributed by atoms with Crippen LogP contribution in [0.15, 0.2) is 47.3 Å². The molecule has 174 valence electrons. The molecule has 0 radical (unpaired) electrons. The quantitative estimate of drug-likeness (QED) is 0.450. The van der Waals surface area contributed by atoms with Crippen molar-refractivity contribution in [2.24, 2.45) is 11.7 Å². The van der Waals surface area contributed by atoms with Crippen LogP contribution in [0.25, 0.3) is 15.9 Å². The van der Waals surface area contributed by atoms with E-state index in [0.717, 1.165) is 5.69 Å². The second kappa shape index (κ2) is 8.75. The van der Waals surface area contributed by atoms with Crippen LogP contribution in [0, 0.1) is 5.92 Å². The van der Waals surface area contributed by atoms with Gasteiger partial charge in [-0.2, -0.15) is 4.52 Å². The summed E-state index contributed by atoms with van der Waals surface area (Å²) in [4.78, 5) is 44.1. The van der Waals surface area contributed by atoms with Gasteiger partial charge in [0, 0.05) is 24.6 Å². The van der Waals surface area contributed by atoms with Gasteiger partial charge < -0.3 is 20.7 Å². The first-order valence-electron chi connectivity index (χ1n) is 10.8. The molecule has 0 spiro atoms. The number of likely N-dealkylation sites (tertiary alicyclic amines) is 1. The molecule has 0 atom stereocenters. The fraction of sp³-hybridized carbons (Fsp3) is 0.261. The number of ether oxygens (including phenoxy) is 1. The Kier molecular flexibility index (Phi) is 5.62. The SMILES string of the molecule is COc1ccccc1Nc1nn2c(=O)c3ccc(C(=O)N4CCC(C(N)=O)CC4)cc3nc2s1. The molecule has 4 aromatic rings. The van der Waals surface area contributed by atoms with Crippen molar-refractivity contribution in [2.45, 2.75) is 12.8 Å². The number of primary amides is 1. The summed E-state index contributed by atoms with van der Waals surface area (Å²) in [5.41, 5.74) is 6.66. The van der Waals surface area contributed by atoms with Gasteiger partial charge in [0.25, 0.3) is 11.5 Å². The van der Waals surface area contributed by atoms with Crippen LogP contribution in [0.4, 0.5) is 10.8 Å². The summed E-state index contributed by atoms with van der Waals surface area (Å²) in [6.45, 7) is 0.929. The smallest absolute Gasteiger partial charge is 0.283 e. The van der Waals surface area contributed by atoms with Crippen molar-refractivity contribution >= 4 is 49.8 Å². The first-order chi connectivity index (χ1) is 16.4. The predicted molar refractivity (Wildman–Crippen MR) is 129 cm³/mol. The van der Waals surface area contributed by atoms with Crippen molar-refractivity contribution in [3.05, 3.63) is 58.4 Å². The number of methoxy groups -OCH3 is 1. The van der Waals surface area contributed by atoms with Gasteiger partial charge in [-0.15, -0.1) is 5.10 Å². The van der Waals surface area contributed by atoms with E-state index < -0.39 is 0 Å². The number of hydrogen-bond donors (Lipinski definition) is 2. The van der Waals surface area contributed by atoms with E-state index in [1.165, 1.54) is 15.9 Å². The zero-order valence-corrected chi connectivity index (χ0v) is 19.2. The topological polar surface area (TPSA) is 132 Å². The second-order valence-corrected chi connectivity index (χ2v) is 9.00. The van der Waals surface area contributed by atoms with Crippen molar-refractivity contribution in [1.29, 1.82) is 0 Å². The third-order valence-electron chi connectivity index (χ3n) is 5.98. The molecule has 0 saturated carbocycles. The molecule has 2 aromatic carbocycles. The summed E-state index contributed by atoms with van der Waals surface area (Å²) in [5, 5.41) is 8.39. The fourth-order valence-corrected chi connectivity index (χ4v) is 4.92. The van der Waals surface area contributed by atoms with Crippen molar-refractivity contribution in [3.8, 4) is 5.75 Å². The summed E-state index contributed by atoms with van der Waals surface area (Å²) < 4.78 is 6.60. The number of nitrogens with two attached hydrogens (primary N) is 1. The van der Waals surface area contributed by atoms with Crippen LogP contribution in [0.3, 0.4) is 0 Å². The van der Waals surface area contributed by atoms with Gasteiger partial charge in [-0.1, -0.05) is 23.5 Å². The number of anilines is 2. The minimum Gasteiger partial charge on any atom is -0.495 e. The summed E-state index contributed by atoms with van der Waals surface area (Å²) in [7, 11) is 1.58. The number of carbonyl (C=O) groups is 2. The zero-order chi connectivity index (χ0) is 23.8. The average molecular weight is 479 g/mol. The molecule has 1 aliphatic rings. The number of para-hydroxylation sites is 2. The number of piperidine rings is 1. The second-order valence-electron chi connectivity index (χ2n) is 8.04. The number of aromatic nitrogens is 3. The predicted octanol–water partition coefficient (Wildman–Crippen LogP) is 2.39. The molecule has 3 N–H and O–H groups in total. The van der Waals surface area contributed by atoms with Gasteiger partial charge in [0.15, 0.2) is 0 Å². The third kappa shape index (κ3) is 3.94. The van der Waals surface area contributed by atoms with Crippen LogP contribution in [0.5, 0.6) is 5.75 Å². The molecule has 1 saturated heterocycles. The molecule has 5 rings (SSSR count). The van der Waals surface area contributed by atoms with Crippen molar-refractivity contribution in [1.82, 2.24) is 19.5 Å². The van der Waals surface area contributed by atoms with Gasteiger partial charge in [0.1, 0.15) is 5.75 Å². The molecule has 0 unspecified atom stereocenters. The van der Waals surface area contributed by atoms with Crippen LogP contribution in [-0.4, -0.2) is 51.5 Å². The molecule has 34 heavy (non-hydrogen) atoms. The molecule has 0 aliphatic carbocycles. The minimum atomic E-state index is -0.323. The summed E-state index contributed by atoms with van der Waals surface area (Å²) in [5.74, 6) is -0.0267. The number of amides is 2. The van der Waals surface area contributed by atoms with E-state index in [2.05, 4.69) is 15.4 Å². The molecule has 1 fully saturated rings. The fourth-order valence-electron chi connectivity index (χ4n) is 4.10. The van der Waals surface area contributed by atoms with Gasteiger partial charge in [0.2, 0.25) is 16.0 Å². The number of hydrogen-bond acceptors (Lipinski definition) is 8. The number of benzene rings is 2. The van der Waals surface area contributed by atoms with Gasteiger partial charge in [0.05, 0.1) is 23.7 Å². The van der Waals surface area contributed by atoms with Crippen LogP contribution >= 0.6 is 11.3 Å². The maximum Gasteiger partial charge on any atom is 0.283 e. The lowest BCUT2D eigenvalue weighted by Crippen LogP contribution is -2.41. The summed E-state index contributed by atoms with van der Waals surface area (Å²) in [6, 6.07) is 12.3. The van der Waals surface area contributed by atoms with Gasteiger partial charge in [-0.3, -0.25) is 14.4 Å². The van der Waals surface area contributed by atoms with Gasteiger partial charge >= 0.3 is 0 Å². The standard InChI is InChI=1S/C23H22N6O4S/c1-33-18-5-3-2-4-16(18)25-22-27-29-21(32)15-7-6-14(12-17(15)26-23(29)34-22)20(31)28-10-8-13(9-11-28)19(24)30/h2-7,12-13H,8-11H2,1H3,(H2,24,30)(H,25,27). The zero-order valence-electron chi connectivity index (χ0n) is 18.4. The molecular weight excluding hydrogens is 456 g/mol. The minimum absolute atomic E-state index is 0.158. The Morgan fingerprint density at radius 1 is 1.18 bits per heavy atom. The third-order valence-corrected chi connectivity index (χ3v) is 6.80. The lowest BCUT2D eigenvalue weighted by Gasteiger charge is -2.30. The van der Waals surface area contributed by atoms with Gasteiger partial charge in [-0.25, -0.2) is 4.98 Å². The normalized spacial score (nSPS) is 14.4.